The number of nitrogens with two attached hydrogens (primary N) is 1. The lowest BCUT2D eigenvalue weighted by Gasteiger charge is -2.14. The second kappa shape index (κ2) is 6.77. The Morgan fingerprint density at radius 3 is 2.60 bits per heavy atom. The van der Waals surface area contributed by atoms with E-state index in [4.69, 9.17) is 15.2 Å². The molecule has 0 saturated carbocycles. The van der Waals surface area contributed by atoms with Gasteiger partial charge >= 0.3 is 0 Å². The predicted molar refractivity (Wildman–Crippen MR) is 84.6 cm³/mol. The summed E-state index contributed by atoms with van der Waals surface area (Å²) in [4.78, 5) is 0. The van der Waals surface area contributed by atoms with Crippen molar-refractivity contribution in [3.63, 3.8) is 0 Å². The van der Waals surface area contributed by atoms with Crippen LogP contribution >= 0.6 is 15.9 Å². The molecule has 2 aromatic rings. The molecule has 4 heteroatoms. The van der Waals surface area contributed by atoms with Gasteiger partial charge in [0, 0.05) is 16.6 Å². The molecular weight excluding hydrogens is 318 g/mol. The highest BCUT2D eigenvalue weighted by atomic mass is 79.9. The first-order chi connectivity index (χ1) is 9.58. The SMILES string of the molecule is COc1cccc(Oc2cc(Br)ccc2CC(C)N)c1. The molecule has 2 rings (SSSR count). The molecule has 0 radical (unpaired) electrons. The van der Waals surface area contributed by atoms with Gasteiger partial charge in [-0.15, -0.1) is 0 Å². The van der Waals surface area contributed by atoms with Crippen LogP contribution in [-0.2, 0) is 6.42 Å². The third kappa shape index (κ3) is 3.99. The number of halogens is 1. The molecule has 1 atom stereocenters. The van der Waals surface area contributed by atoms with Crippen LogP contribution in [0.25, 0.3) is 0 Å². The fourth-order valence-corrected chi connectivity index (χ4v) is 2.27. The number of hydrogen-bond donors (Lipinski definition) is 1. The molecule has 0 aliphatic heterocycles. The Morgan fingerprint density at radius 1 is 1.15 bits per heavy atom. The average molecular weight is 336 g/mol. The van der Waals surface area contributed by atoms with Crippen molar-refractivity contribution in [1.82, 2.24) is 0 Å². The normalized spacial score (nSPS) is 12.0. The van der Waals surface area contributed by atoms with Crippen molar-refractivity contribution in [3.8, 4) is 17.2 Å². The Balaban J connectivity index is 2.28. The van der Waals surface area contributed by atoms with Crippen LogP contribution in [0.4, 0.5) is 0 Å². The van der Waals surface area contributed by atoms with Gasteiger partial charge < -0.3 is 15.2 Å². The van der Waals surface area contributed by atoms with Crippen LogP contribution in [0.5, 0.6) is 17.2 Å². The topological polar surface area (TPSA) is 44.5 Å². The van der Waals surface area contributed by atoms with Crippen LogP contribution in [0.3, 0.4) is 0 Å². The minimum atomic E-state index is 0.0869. The predicted octanol–water partition coefficient (Wildman–Crippen LogP) is 4.14. The van der Waals surface area contributed by atoms with E-state index in [9.17, 15) is 0 Å². The summed E-state index contributed by atoms with van der Waals surface area (Å²) in [5.74, 6) is 2.32. The van der Waals surface area contributed by atoms with Gasteiger partial charge in [-0.25, -0.2) is 0 Å². The zero-order chi connectivity index (χ0) is 14.5. The molecular formula is C16H18BrNO2. The summed E-state index contributed by atoms with van der Waals surface area (Å²) in [5, 5.41) is 0. The first-order valence-corrected chi connectivity index (χ1v) is 7.23. The van der Waals surface area contributed by atoms with Crippen LogP contribution in [0, 0.1) is 0 Å². The van der Waals surface area contributed by atoms with Gasteiger partial charge in [-0.3, -0.25) is 0 Å². The number of ether oxygens (including phenoxy) is 2. The second-order valence-corrected chi connectivity index (χ2v) is 5.63. The standard InChI is InChI=1S/C16H18BrNO2/c1-11(18)8-12-6-7-13(17)9-16(12)20-15-5-3-4-14(10-15)19-2/h3-7,9-11H,8,18H2,1-2H3. The lowest BCUT2D eigenvalue weighted by Crippen LogP contribution is -2.18. The largest absolute Gasteiger partial charge is 0.497 e. The third-order valence-corrected chi connectivity index (χ3v) is 3.33. The minimum Gasteiger partial charge on any atom is -0.497 e. The van der Waals surface area contributed by atoms with E-state index in [2.05, 4.69) is 15.9 Å². The molecule has 0 amide bonds. The third-order valence-electron chi connectivity index (χ3n) is 2.84. The monoisotopic (exact) mass is 335 g/mol. The Morgan fingerprint density at radius 2 is 1.90 bits per heavy atom. The van der Waals surface area contributed by atoms with E-state index in [0.717, 1.165) is 33.7 Å². The fraction of sp³-hybridized carbons (Fsp3) is 0.250. The summed E-state index contributed by atoms with van der Waals surface area (Å²) < 4.78 is 12.1. The van der Waals surface area contributed by atoms with Crippen molar-refractivity contribution in [2.24, 2.45) is 5.73 Å². The van der Waals surface area contributed by atoms with E-state index in [1.54, 1.807) is 7.11 Å². The van der Waals surface area contributed by atoms with E-state index >= 15 is 0 Å². The second-order valence-electron chi connectivity index (χ2n) is 4.71. The Labute approximate surface area is 127 Å². The van der Waals surface area contributed by atoms with Crippen molar-refractivity contribution in [2.45, 2.75) is 19.4 Å². The lowest BCUT2D eigenvalue weighted by atomic mass is 10.1. The van der Waals surface area contributed by atoms with Crippen molar-refractivity contribution >= 4 is 15.9 Å². The van der Waals surface area contributed by atoms with Crippen LogP contribution in [0.15, 0.2) is 46.9 Å². The maximum Gasteiger partial charge on any atom is 0.131 e. The molecule has 3 nitrogen and oxygen atoms in total. The van der Waals surface area contributed by atoms with Gasteiger partial charge in [0.05, 0.1) is 7.11 Å². The number of benzene rings is 2. The van der Waals surface area contributed by atoms with Gasteiger partial charge in [0.25, 0.3) is 0 Å². The van der Waals surface area contributed by atoms with E-state index in [1.807, 2.05) is 49.4 Å². The van der Waals surface area contributed by atoms with Gasteiger partial charge in [0.2, 0.25) is 0 Å². The van der Waals surface area contributed by atoms with Crippen LogP contribution in [0.1, 0.15) is 12.5 Å². The molecule has 0 heterocycles. The number of methoxy groups -OCH3 is 1. The summed E-state index contributed by atoms with van der Waals surface area (Å²) in [6, 6.07) is 13.6. The summed E-state index contributed by atoms with van der Waals surface area (Å²) in [6.07, 6.45) is 0.770. The Kier molecular flexibility index (Phi) is 5.04. The van der Waals surface area contributed by atoms with Crippen molar-refractivity contribution in [1.29, 1.82) is 0 Å². The summed E-state index contributed by atoms with van der Waals surface area (Å²) in [7, 11) is 1.64. The lowest BCUT2D eigenvalue weighted by molar-refractivity contribution is 0.408. The molecule has 2 N–H and O–H groups in total. The van der Waals surface area contributed by atoms with E-state index in [0.29, 0.717) is 0 Å². The van der Waals surface area contributed by atoms with Crippen LogP contribution < -0.4 is 15.2 Å². The van der Waals surface area contributed by atoms with E-state index in [-0.39, 0.29) is 6.04 Å². The number of rotatable bonds is 5. The summed E-state index contributed by atoms with van der Waals surface area (Å²) in [5.41, 5.74) is 6.97. The molecule has 2 aromatic carbocycles. The molecule has 20 heavy (non-hydrogen) atoms. The summed E-state index contributed by atoms with van der Waals surface area (Å²) in [6.45, 7) is 1.98. The highest BCUT2D eigenvalue weighted by molar-refractivity contribution is 9.10. The molecule has 1 unspecified atom stereocenters. The molecule has 0 aromatic heterocycles. The Bertz CT molecular complexity index is 584. The fourth-order valence-electron chi connectivity index (χ4n) is 1.93. The van der Waals surface area contributed by atoms with E-state index in [1.165, 1.54) is 0 Å². The van der Waals surface area contributed by atoms with Crippen LogP contribution in [0.2, 0.25) is 0 Å². The van der Waals surface area contributed by atoms with E-state index < -0.39 is 0 Å². The molecule has 0 bridgehead atoms. The van der Waals surface area contributed by atoms with Gasteiger partial charge in [0.1, 0.15) is 17.2 Å². The van der Waals surface area contributed by atoms with Gasteiger partial charge in [0.15, 0.2) is 0 Å². The van der Waals surface area contributed by atoms with Gasteiger partial charge in [-0.2, -0.15) is 0 Å². The molecule has 0 spiro atoms. The van der Waals surface area contributed by atoms with Crippen molar-refractivity contribution < 1.29 is 9.47 Å². The maximum atomic E-state index is 5.97. The van der Waals surface area contributed by atoms with Crippen molar-refractivity contribution in [3.05, 3.63) is 52.5 Å². The van der Waals surface area contributed by atoms with Crippen LogP contribution in [-0.4, -0.2) is 13.2 Å². The number of hydrogen-bond acceptors (Lipinski definition) is 3. The molecule has 0 aliphatic rings. The molecule has 106 valence electrons. The zero-order valence-electron chi connectivity index (χ0n) is 11.6. The molecule has 0 fully saturated rings. The van der Waals surface area contributed by atoms with Gasteiger partial charge in [-0.1, -0.05) is 28.1 Å². The minimum absolute atomic E-state index is 0.0869. The maximum absolute atomic E-state index is 5.97. The van der Waals surface area contributed by atoms with Gasteiger partial charge in [-0.05, 0) is 43.2 Å². The first-order valence-electron chi connectivity index (χ1n) is 6.44. The zero-order valence-corrected chi connectivity index (χ0v) is 13.2. The smallest absolute Gasteiger partial charge is 0.131 e. The van der Waals surface area contributed by atoms with Crippen molar-refractivity contribution in [2.75, 3.05) is 7.11 Å². The highest BCUT2D eigenvalue weighted by Crippen LogP contribution is 2.30. The molecule has 0 aliphatic carbocycles. The first kappa shape index (κ1) is 14.9. The Hall–Kier alpha value is -1.52. The highest BCUT2D eigenvalue weighted by Gasteiger charge is 2.08. The quantitative estimate of drug-likeness (QED) is 0.892. The molecule has 0 saturated heterocycles. The summed E-state index contributed by atoms with van der Waals surface area (Å²) >= 11 is 3.47. The average Bonchev–Trinajstić information content (AvgIpc) is 2.42.